The van der Waals surface area contributed by atoms with Gasteiger partial charge in [0.25, 0.3) is 0 Å². The second-order valence-corrected chi connectivity index (χ2v) is 14.1. The van der Waals surface area contributed by atoms with Crippen molar-refractivity contribution in [3.63, 3.8) is 0 Å². The normalized spacial score (nSPS) is 16.0. The average molecular weight is 805 g/mol. The van der Waals surface area contributed by atoms with Gasteiger partial charge in [0, 0.05) is 6.42 Å². The molecule has 15 N–H and O–H groups in total. The molecule has 0 rings (SSSR count). The summed E-state index contributed by atoms with van der Waals surface area (Å²) < 4.78 is 0. The fourth-order valence-electron chi connectivity index (χ4n) is 5.01. The maximum Gasteiger partial charge on any atom is 0.328 e. The Morgan fingerprint density at radius 3 is 1.27 bits per heavy atom. The van der Waals surface area contributed by atoms with Crippen molar-refractivity contribution in [2.24, 2.45) is 23.3 Å². The van der Waals surface area contributed by atoms with Crippen LogP contribution in [-0.2, 0) is 47.9 Å². The molecule has 0 bridgehead atoms. The van der Waals surface area contributed by atoms with Crippen molar-refractivity contribution in [3.8, 4) is 0 Å². The standard InChI is InChI=1S/C33H56N8O15/c1-13(2)9-19(37-27(49)17(34)11-23(45)46)30(52)38-21(12-24(47)48)31(53)40-25(15(5)42)32(54)39-20(10-14(3)4)29(51)36-18(7-8-22(35)44)28(50)41-26(16(6)43)33(55)56/h13-21,25-26,42-43H,7-12,34H2,1-6H3,(H2,35,44)(H,36,51)(H,37,49)(H,38,52)(H,39,54)(H,40,53)(H,41,50)(H,45,46)(H,47,48)(H,55,56)/t15-,16-,17+,18+,19+,20+,21+,25+,26+/m1/s1. The van der Waals surface area contributed by atoms with Crippen LogP contribution in [0, 0.1) is 11.8 Å². The van der Waals surface area contributed by atoms with Crippen LogP contribution in [0.2, 0.25) is 0 Å². The zero-order valence-corrected chi connectivity index (χ0v) is 32.1. The lowest BCUT2D eigenvalue weighted by Gasteiger charge is -2.29. The first-order chi connectivity index (χ1) is 25.8. The van der Waals surface area contributed by atoms with E-state index in [1.165, 1.54) is 0 Å². The molecule has 56 heavy (non-hydrogen) atoms. The van der Waals surface area contributed by atoms with E-state index in [1.807, 2.05) is 0 Å². The predicted molar refractivity (Wildman–Crippen MR) is 192 cm³/mol. The van der Waals surface area contributed by atoms with Gasteiger partial charge in [-0.15, -0.1) is 0 Å². The summed E-state index contributed by atoms with van der Waals surface area (Å²) >= 11 is 0. The number of nitrogens with one attached hydrogen (secondary N) is 6. The number of rotatable bonds is 26. The first kappa shape index (κ1) is 50.6. The number of carbonyl (C=O) groups is 10. The van der Waals surface area contributed by atoms with E-state index in [9.17, 15) is 68.4 Å². The van der Waals surface area contributed by atoms with Gasteiger partial charge >= 0.3 is 17.9 Å². The van der Waals surface area contributed by atoms with E-state index in [0.29, 0.717) is 0 Å². The molecule has 7 amide bonds. The number of carboxylic acids is 3. The van der Waals surface area contributed by atoms with Crippen LogP contribution in [-0.4, -0.2) is 139 Å². The Labute approximate surface area is 322 Å². The molecule has 23 nitrogen and oxygen atoms in total. The molecule has 0 heterocycles. The summed E-state index contributed by atoms with van der Waals surface area (Å²) in [6, 6.07) is -11.6. The molecular weight excluding hydrogens is 748 g/mol. The van der Waals surface area contributed by atoms with E-state index in [1.54, 1.807) is 27.7 Å². The monoisotopic (exact) mass is 804 g/mol. The highest BCUT2D eigenvalue weighted by atomic mass is 16.4. The molecule has 0 fully saturated rings. The number of aliphatic hydroxyl groups is 2. The molecule has 0 saturated carbocycles. The molecule has 23 heteroatoms. The molecule has 318 valence electrons. The summed E-state index contributed by atoms with van der Waals surface area (Å²) in [6.07, 6.45) is -6.10. The van der Waals surface area contributed by atoms with E-state index in [0.717, 1.165) is 13.8 Å². The topological polar surface area (TPSA) is 396 Å². The SMILES string of the molecule is CC(C)C[C@H](NC(=O)[C@@H](NC(=O)[C@H](CC(=O)O)NC(=O)[C@H](CC(C)C)NC(=O)[C@@H](N)CC(=O)O)[C@@H](C)O)C(=O)N[C@@H](CCC(N)=O)C(=O)N[C@H](C(=O)O)[C@@H](C)O. The summed E-state index contributed by atoms with van der Waals surface area (Å²) in [4.78, 5) is 125. The smallest absolute Gasteiger partial charge is 0.328 e. The van der Waals surface area contributed by atoms with E-state index in [2.05, 4.69) is 31.9 Å². The fourth-order valence-corrected chi connectivity index (χ4v) is 5.01. The summed E-state index contributed by atoms with van der Waals surface area (Å²) in [5.41, 5.74) is 10.8. The van der Waals surface area contributed by atoms with Crippen LogP contribution >= 0.6 is 0 Å². The highest BCUT2D eigenvalue weighted by Crippen LogP contribution is 2.10. The quantitative estimate of drug-likeness (QED) is 0.0391. The lowest BCUT2D eigenvalue weighted by Crippen LogP contribution is -2.62. The van der Waals surface area contributed by atoms with E-state index >= 15 is 0 Å². The Morgan fingerprint density at radius 2 is 0.875 bits per heavy atom. The lowest BCUT2D eigenvalue weighted by atomic mass is 10.0. The van der Waals surface area contributed by atoms with Crippen molar-refractivity contribution in [3.05, 3.63) is 0 Å². The lowest BCUT2D eigenvalue weighted by molar-refractivity contribution is -0.145. The van der Waals surface area contributed by atoms with Crippen molar-refractivity contribution >= 4 is 59.3 Å². The minimum absolute atomic E-state index is 0.0530. The highest BCUT2D eigenvalue weighted by molar-refractivity contribution is 5.98. The molecule has 0 spiro atoms. The summed E-state index contributed by atoms with van der Waals surface area (Å²) in [5, 5.41) is 61.3. The highest BCUT2D eigenvalue weighted by Gasteiger charge is 2.36. The number of hydrogen-bond acceptors (Lipinski definition) is 13. The number of aliphatic hydroxyl groups excluding tert-OH is 2. The van der Waals surface area contributed by atoms with Crippen molar-refractivity contribution in [2.75, 3.05) is 0 Å². The molecule has 0 aliphatic carbocycles. The maximum atomic E-state index is 13.5. The first-order valence-electron chi connectivity index (χ1n) is 17.7. The van der Waals surface area contributed by atoms with Gasteiger partial charge in [-0.2, -0.15) is 0 Å². The van der Waals surface area contributed by atoms with Crippen LogP contribution in [0.4, 0.5) is 0 Å². The van der Waals surface area contributed by atoms with Gasteiger partial charge in [-0.1, -0.05) is 27.7 Å². The number of aliphatic carboxylic acids is 3. The Hall–Kier alpha value is -5.42. The largest absolute Gasteiger partial charge is 0.481 e. The Morgan fingerprint density at radius 1 is 0.500 bits per heavy atom. The molecule has 0 aliphatic heterocycles. The van der Waals surface area contributed by atoms with Gasteiger partial charge in [0.2, 0.25) is 41.4 Å². The maximum absolute atomic E-state index is 13.5. The van der Waals surface area contributed by atoms with E-state index in [4.69, 9.17) is 16.6 Å². The molecule has 0 aromatic carbocycles. The second kappa shape index (κ2) is 24.2. The minimum Gasteiger partial charge on any atom is -0.481 e. The molecule has 0 unspecified atom stereocenters. The first-order valence-corrected chi connectivity index (χ1v) is 17.7. The Kier molecular flexibility index (Phi) is 21.8. The van der Waals surface area contributed by atoms with Crippen molar-refractivity contribution in [2.45, 2.75) is 135 Å². The molecular formula is C33H56N8O15. The molecule has 0 aliphatic rings. The third kappa shape index (κ3) is 19.3. The fraction of sp³-hybridized carbons (Fsp3) is 0.697. The number of carboxylic acid groups (broad SMARTS) is 3. The molecule has 0 saturated heterocycles. The Bertz CT molecular complexity index is 1440. The van der Waals surface area contributed by atoms with Crippen LogP contribution in [0.3, 0.4) is 0 Å². The van der Waals surface area contributed by atoms with Gasteiger partial charge in [0.05, 0.1) is 31.1 Å². The number of amides is 7. The zero-order chi connectivity index (χ0) is 43.6. The summed E-state index contributed by atoms with van der Waals surface area (Å²) in [7, 11) is 0. The summed E-state index contributed by atoms with van der Waals surface area (Å²) in [5.74, 6) is -12.7. The molecule has 9 atom stereocenters. The minimum atomic E-state index is -1.90. The average Bonchev–Trinajstić information content (AvgIpc) is 3.04. The van der Waals surface area contributed by atoms with Crippen LogP contribution in [0.5, 0.6) is 0 Å². The van der Waals surface area contributed by atoms with Gasteiger partial charge in [0.15, 0.2) is 6.04 Å². The number of hydrogen-bond donors (Lipinski definition) is 13. The van der Waals surface area contributed by atoms with E-state index < -0.39 is 139 Å². The van der Waals surface area contributed by atoms with Crippen LogP contribution in [0.15, 0.2) is 0 Å². The second-order valence-electron chi connectivity index (χ2n) is 14.1. The van der Waals surface area contributed by atoms with E-state index in [-0.39, 0.29) is 24.7 Å². The summed E-state index contributed by atoms with van der Waals surface area (Å²) in [6.45, 7) is 8.83. The molecule has 0 radical (unpaired) electrons. The third-order valence-electron chi connectivity index (χ3n) is 7.84. The number of carbonyl (C=O) groups excluding carboxylic acids is 7. The Balaban J connectivity index is 6.32. The van der Waals surface area contributed by atoms with Gasteiger partial charge in [0.1, 0.15) is 30.2 Å². The van der Waals surface area contributed by atoms with Gasteiger partial charge < -0.3 is 68.9 Å². The third-order valence-corrected chi connectivity index (χ3v) is 7.84. The van der Waals surface area contributed by atoms with Crippen LogP contribution in [0.1, 0.15) is 80.1 Å². The van der Waals surface area contributed by atoms with Crippen molar-refractivity contribution < 1.29 is 73.5 Å². The van der Waals surface area contributed by atoms with Gasteiger partial charge in [-0.3, -0.25) is 43.2 Å². The van der Waals surface area contributed by atoms with Gasteiger partial charge in [-0.25, -0.2) is 4.79 Å². The molecule has 0 aromatic heterocycles. The van der Waals surface area contributed by atoms with Crippen LogP contribution < -0.4 is 43.4 Å². The number of primary amides is 1. The van der Waals surface area contributed by atoms with Crippen molar-refractivity contribution in [1.29, 1.82) is 0 Å². The zero-order valence-electron chi connectivity index (χ0n) is 32.1. The molecule has 0 aromatic rings. The number of nitrogens with two attached hydrogens (primary N) is 2. The van der Waals surface area contributed by atoms with Crippen LogP contribution in [0.25, 0.3) is 0 Å². The van der Waals surface area contributed by atoms with Gasteiger partial charge in [-0.05, 0) is 44.9 Å². The predicted octanol–water partition coefficient (Wildman–Crippen LogP) is -4.62. The van der Waals surface area contributed by atoms with Crippen molar-refractivity contribution in [1.82, 2.24) is 31.9 Å².